The monoisotopic (exact) mass is 365 g/mol. The lowest BCUT2D eigenvalue weighted by molar-refractivity contribution is 0.289. The number of aromatic nitrogens is 4. The third-order valence-corrected chi connectivity index (χ3v) is 3.89. The molecule has 0 aliphatic heterocycles. The van der Waals surface area contributed by atoms with Crippen LogP contribution < -0.4 is 15.7 Å². The molecule has 2 heterocycles. The fourth-order valence-electron chi connectivity index (χ4n) is 2.57. The highest BCUT2D eigenvalue weighted by atomic mass is 19.1. The van der Waals surface area contributed by atoms with Crippen LogP contribution in [-0.4, -0.2) is 25.8 Å². The molecular weight excluding hydrogens is 349 g/mol. The van der Waals surface area contributed by atoms with Crippen LogP contribution in [0.2, 0.25) is 0 Å². The SMILES string of the molecule is O=c1n(CCOc2ccccc2)nc2nc(Nc3ccc(F)cc3)ccn12. The van der Waals surface area contributed by atoms with Crippen LogP contribution in [0, 0.1) is 5.82 Å². The largest absolute Gasteiger partial charge is 0.492 e. The summed E-state index contributed by atoms with van der Waals surface area (Å²) < 4.78 is 21.3. The maximum atomic E-state index is 13.0. The molecule has 0 aliphatic rings. The first-order valence-corrected chi connectivity index (χ1v) is 8.36. The third-order valence-electron chi connectivity index (χ3n) is 3.89. The molecule has 4 aromatic rings. The van der Waals surface area contributed by atoms with Gasteiger partial charge in [-0.15, -0.1) is 5.10 Å². The molecular formula is C19H16FN5O2. The van der Waals surface area contributed by atoms with Crippen molar-refractivity contribution in [3.63, 3.8) is 0 Å². The fourth-order valence-corrected chi connectivity index (χ4v) is 2.57. The Morgan fingerprint density at radius 1 is 1.04 bits per heavy atom. The van der Waals surface area contributed by atoms with Crippen molar-refractivity contribution in [3.8, 4) is 5.75 Å². The van der Waals surface area contributed by atoms with Crippen molar-refractivity contribution in [1.82, 2.24) is 19.2 Å². The van der Waals surface area contributed by atoms with Crippen molar-refractivity contribution in [3.05, 3.63) is 83.2 Å². The number of hydrogen-bond donors (Lipinski definition) is 1. The number of ether oxygens (including phenoxy) is 1. The van der Waals surface area contributed by atoms with Crippen molar-refractivity contribution in [2.45, 2.75) is 6.54 Å². The van der Waals surface area contributed by atoms with Crippen molar-refractivity contribution in [1.29, 1.82) is 0 Å². The Bertz CT molecular complexity index is 1110. The molecule has 27 heavy (non-hydrogen) atoms. The molecule has 4 rings (SSSR count). The van der Waals surface area contributed by atoms with E-state index in [4.69, 9.17) is 4.74 Å². The molecule has 0 saturated heterocycles. The van der Waals surface area contributed by atoms with E-state index in [1.54, 1.807) is 24.4 Å². The normalized spacial score (nSPS) is 10.9. The zero-order valence-corrected chi connectivity index (χ0v) is 14.2. The standard InChI is InChI=1S/C19H16FN5O2/c20-14-6-8-15(9-7-14)21-17-10-11-24-18(22-17)23-25(19(24)26)12-13-27-16-4-2-1-3-5-16/h1-11H,12-13H2,(H,21,22,23). The van der Waals surface area contributed by atoms with Crippen molar-refractivity contribution in [2.75, 3.05) is 11.9 Å². The minimum Gasteiger partial charge on any atom is -0.492 e. The van der Waals surface area contributed by atoms with E-state index in [2.05, 4.69) is 15.4 Å². The number of anilines is 2. The van der Waals surface area contributed by atoms with Gasteiger partial charge < -0.3 is 10.1 Å². The number of para-hydroxylation sites is 1. The molecule has 0 fully saturated rings. The molecule has 2 aromatic carbocycles. The van der Waals surface area contributed by atoms with Crippen LogP contribution in [0.15, 0.2) is 71.7 Å². The quantitative estimate of drug-likeness (QED) is 0.569. The molecule has 0 amide bonds. The number of nitrogens with one attached hydrogen (secondary N) is 1. The van der Waals surface area contributed by atoms with Gasteiger partial charge in [0.15, 0.2) is 0 Å². The average Bonchev–Trinajstić information content (AvgIpc) is 3.00. The van der Waals surface area contributed by atoms with Gasteiger partial charge in [0.05, 0.1) is 6.54 Å². The van der Waals surface area contributed by atoms with Crippen LogP contribution >= 0.6 is 0 Å². The number of halogens is 1. The highest BCUT2D eigenvalue weighted by Crippen LogP contribution is 2.15. The number of benzene rings is 2. The second-order valence-electron chi connectivity index (χ2n) is 5.78. The van der Waals surface area contributed by atoms with Gasteiger partial charge in [-0.05, 0) is 42.5 Å². The van der Waals surface area contributed by atoms with Crippen molar-refractivity contribution < 1.29 is 9.13 Å². The van der Waals surface area contributed by atoms with E-state index in [1.807, 2.05) is 30.3 Å². The lowest BCUT2D eigenvalue weighted by Crippen LogP contribution is -2.23. The van der Waals surface area contributed by atoms with Gasteiger partial charge in [-0.25, -0.2) is 18.3 Å². The van der Waals surface area contributed by atoms with Gasteiger partial charge in [0.2, 0.25) is 0 Å². The molecule has 1 N–H and O–H groups in total. The maximum absolute atomic E-state index is 13.0. The van der Waals surface area contributed by atoms with Gasteiger partial charge in [0.25, 0.3) is 5.78 Å². The van der Waals surface area contributed by atoms with Gasteiger partial charge >= 0.3 is 5.69 Å². The van der Waals surface area contributed by atoms with Gasteiger partial charge in [0.1, 0.15) is 24.0 Å². The van der Waals surface area contributed by atoms with Crippen molar-refractivity contribution in [2.24, 2.45) is 0 Å². The van der Waals surface area contributed by atoms with Gasteiger partial charge in [-0.2, -0.15) is 4.98 Å². The fraction of sp³-hybridized carbons (Fsp3) is 0.105. The van der Waals surface area contributed by atoms with Gasteiger partial charge in [0, 0.05) is 11.9 Å². The first-order valence-electron chi connectivity index (χ1n) is 8.36. The summed E-state index contributed by atoms with van der Waals surface area (Å²) in [7, 11) is 0. The molecule has 0 atom stereocenters. The van der Waals surface area contributed by atoms with Crippen LogP contribution in [0.1, 0.15) is 0 Å². The molecule has 0 radical (unpaired) electrons. The molecule has 0 spiro atoms. The molecule has 0 saturated carbocycles. The summed E-state index contributed by atoms with van der Waals surface area (Å²) in [5.74, 6) is 1.20. The van der Waals surface area contributed by atoms with E-state index >= 15 is 0 Å². The predicted octanol–water partition coefficient (Wildman–Crippen LogP) is 2.85. The Balaban J connectivity index is 1.49. The first-order chi connectivity index (χ1) is 13.2. The number of rotatable bonds is 6. The molecule has 8 heteroatoms. The Hall–Kier alpha value is -3.68. The van der Waals surface area contributed by atoms with Crippen LogP contribution in [0.5, 0.6) is 5.75 Å². The maximum Gasteiger partial charge on any atom is 0.351 e. The summed E-state index contributed by atoms with van der Waals surface area (Å²) in [6.45, 7) is 0.617. The van der Waals surface area contributed by atoms with E-state index in [1.165, 1.54) is 21.2 Å². The summed E-state index contributed by atoms with van der Waals surface area (Å²) >= 11 is 0. The Morgan fingerprint density at radius 3 is 2.59 bits per heavy atom. The van der Waals surface area contributed by atoms with Crippen LogP contribution in [-0.2, 0) is 6.54 Å². The first kappa shape index (κ1) is 16.8. The molecule has 136 valence electrons. The summed E-state index contributed by atoms with van der Waals surface area (Å²) in [4.78, 5) is 16.7. The Morgan fingerprint density at radius 2 is 1.81 bits per heavy atom. The molecule has 0 bridgehead atoms. The number of hydrogen-bond acceptors (Lipinski definition) is 5. The van der Waals surface area contributed by atoms with E-state index in [0.717, 1.165) is 5.75 Å². The lowest BCUT2D eigenvalue weighted by atomic mass is 10.3. The Kier molecular flexibility index (Phi) is 4.52. The third kappa shape index (κ3) is 3.79. The second-order valence-corrected chi connectivity index (χ2v) is 5.78. The predicted molar refractivity (Wildman–Crippen MR) is 98.9 cm³/mol. The summed E-state index contributed by atoms with van der Waals surface area (Å²) in [5, 5.41) is 7.29. The van der Waals surface area contributed by atoms with Crippen LogP contribution in [0.3, 0.4) is 0 Å². The minimum absolute atomic E-state index is 0.270. The minimum atomic E-state index is -0.313. The van der Waals surface area contributed by atoms with Crippen LogP contribution in [0.25, 0.3) is 5.78 Å². The second kappa shape index (κ2) is 7.28. The molecule has 2 aromatic heterocycles. The van der Waals surface area contributed by atoms with E-state index in [9.17, 15) is 9.18 Å². The smallest absolute Gasteiger partial charge is 0.351 e. The summed E-state index contributed by atoms with van der Waals surface area (Å²) in [6, 6.07) is 16.9. The molecule has 7 nitrogen and oxygen atoms in total. The van der Waals surface area contributed by atoms with Crippen LogP contribution in [0.4, 0.5) is 15.9 Å². The Labute approximate surface area is 153 Å². The highest BCUT2D eigenvalue weighted by Gasteiger charge is 2.09. The topological polar surface area (TPSA) is 73.5 Å². The van der Waals surface area contributed by atoms with E-state index < -0.39 is 0 Å². The highest BCUT2D eigenvalue weighted by molar-refractivity contribution is 5.57. The van der Waals surface area contributed by atoms with Gasteiger partial charge in [-0.1, -0.05) is 18.2 Å². The number of fused-ring (bicyclic) bond motifs is 1. The molecule has 0 aliphatic carbocycles. The van der Waals surface area contributed by atoms with Crippen molar-refractivity contribution >= 4 is 17.3 Å². The zero-order valence-electron chi connectivity index (χ0n) is 14.2. The average molecular weight is 365 g/mol. The lowest BCUT2D eigenvalue weighted by Gasteiger charge is -2.04. The zero-order chi connectivity index (χ0) is 18.6. The van der Waals surface area contributed by atoms with Gasteiger partial charge in [-0.3, -0.25) is 0 Å². The van der Waals surface area contributed by atoms with E-state index in [-0.39, 0.29) is 17.3 Å². The van der Waals surface area contributed by atoms with E-state index in [0.29, 0.717) is 24.7 Å². The summed E-state index contributed by atoms with van der Waals surface area (Å²) in [6.07, 6.45) is 1.60. The summed E-state index contributed by atoms with van der Waals surface area (Å²) in [5.41, 5.74) is 0.397. The number of nitrogens with zero attached hydrogens (tertiary/aromatic N) is 4. The molecule has 0 unspecified atom stereocenters.